The molecule has 1 aromatic carbocycles. The molecule has 11 heteroatoms. The SMILES string of the molecule is Cc1ncc(-c2cn3ccnc3c(Nc3ccc(N4CCN(C5CCC5)CC4)c(OCCO)c3)n2)nc1N. The van der Waals surface area contributed by atoms with Crippen LogP contribution in [0.15, 0.2) is 43.0 Å². The van der Waals surface area contributed by atoms with Crippen LogP contribution in [-0.4, -0.2) is 79.8 Å². The average Bonchev–Trinajstić information content (AvgIpc) is 3.38. The van der Waals surface area contributed by atoms with E-state index in [9.17, 15) is 5.11 Å². The molecule has 0 bridgehead atoms. The molecule has 4 heterocycles. The Kier molecular flexibility index (Phi) is 6.69. The van der Waals surface area contributed by atoms with Gasteiger partial charge in [0.05, 0.1) is 24.2 Å². The molecule has 6 rings (SSSR count). The van der Waals surface area contributed by atoms with Crippen LogP contribution in [0.4, 0.5) is 23.0 Å². The minimum atomic E-state index is -0.0500. The Balaban J connectivity index is 1.28. The number of hydrogen-bond acceptors (Lipinski definition) is 10. The molecule has 0 atom stereocenters. The summed E-state index contributed by atoms with van der Waals surface area (Å²) < 4.78 is 7.89. The van der Waals surface area contributed by atoms with E-state index in [-0.39, 0.29) is 13.2 Å². The Hall–Kier alpha value is -3.96. The van der Waals surface area contributed by atoms with Crippen molar-refractivity contribution in [1.82, 2.24) is 29.2 Å². The van der Waals surface area contributed by atoms with Gasteiger partial charge in [0, 0.05) is 62.6 Å². The van der Waals surface area contributed by atoms with E-state index < -0.39 is 0 Å². The standard InChI is InChI=1S/C27H33N9O2/c1-18-25(28)32-21(16-30-18)22-17-36-8-7-29-27(36)26(33-22)31-19-5-6-23(24(15-19)38-14-13-37)35-11-9-34(10-12-35)20-3-2-4-20/h5-8,15-17,20,37H,2-4,9-14H2,1H3,(H2,28,32)(H,31,33). The number of fused-ring (bicyclic) bond motifs is 1. The number of benzene rings is 1. The number of nitrogens with one attached hydrogen (secondary N) is 1. The molecule has 0 unspecified atom stereocenters. The number of anilines is 4. The Morgan fingerprint density at radius 2 is 1.95 bits per heavy atom. The van der Waals surface area contributed by atoms with Crippen molar-refractivity contribution in [2.45, 2.75) is 32.2 Å². The topological polar surface area (TPSA) is 130 Å². The number of aliphatic hydroxyl groups is 1. The highest BCUT2D eigenvalue weighted by molar-refractivity contribution is 5.75. The zero-order valence-electron chi connectivity index (χ0n) is 21.5. The molecule has 2 aliphatic rings. The smallest absolute Gasteiger partial charge is 0.180 e. The molecule has 0 spiro atoms. The van der Waals surface area contributed by atoms with E-state index in [1.807, 2.05) is 35.9 Å². The van der Waals surface area contributed by atoms with Crippen LogP contribution in [0.5, 0.6) is 5.75 Å². The minimum Gasteiger partial charge on any atom is -0.489 e. The molecule has 3 aromatic heterocycles. The fourth-order valence-corrected chi connectivity index (χ4v) is 5.07. The highest BCUT2D eigenvalue weighted by atomic mass is 16.5. The Labute approximate surface area is 221 Å². The number of imidazole rings is 1. The highest BCUT2D eigenvalue weighted by Gasteiger charge is 2.28. The molecule has 1 saturated heterocycles. The molecule has 11 nitrogen and oxygen atoms in total. The van der Waals surface area contributed by atoms with Gasteiger partial charge in [0.1, 0.15) is 29.6 Å². The monoisotopic (exact) mass is 515 g/mol. The zero-order chi connectivity index (χ0) is 26.1. The van der Waals surface area contributed by atoms with Gasteiger partial charge >= 0.3 is 0 Å². The molecular formula is C27H33N9O2. The number of rotatable bonds is 8. The van der Waals surface area contributed by atoms with Crippen LogP contribution >= 0.6 is 0 Å². The maximum Gasteiger partial charge on any atom is 0.180 e. The fourth-order valence-electron chi connectivity index (χ4n) is 5.07. The first-order chi connectivity index (χ1) is 18.6. The molecule has 2 fully saturated rings. The van der Waals surface area contributed by atoms with Crippen LogP contribution < -0.4 is 20.7 Å². The quantitative estimate of drug-likeness (QED) is 0.322. The number of nitrogen functional groups attached to an aromatic ring is 1. The third-order valence-electron chi connectivity index (χ3n) is 7.45. The van der Waals surface area contributed by atoms with Crippen LogP contribution in [0, 0.1) is 6.92 Å². The van der Waals surface area contributed by atoms with E-state index in [0.717, 1.165) is 49.3 Å². The molecular weight excluding hydrogens is 482 g/mol. The molecule has 4 aromatic rings. The fraction of sp³-hybridized carbons (Fsp3) is 0.407. The molecule has 198 valence electrons. The molecule has 1 aliphatic carbocycles. The number of nitrogens with two attached hydrogens (primary N) is 1. The second kappa shape index (κ2) is 10.4. The average molecular weight is 516 g/mol. The lowest BCUT2D eigenvalue weighted by atomic mass is 9.91. The first-order valence-corrected chi connectivity index (χ1v) is 13.2. The van der Waals surface area contributed by atoms with E-state index in [4.69, 9.17) is 15.5 Å². The predicted molar refractivity (Wildman–Crippen MR) is 147 cm³/mol. The van der Waals surface area contributed by atoms with Crippen molar-refractivity contribution in [3.63, 3.8) is 0 Å². The lowest BCUT2D eigenvalue weighted by Gasteiger charge is -2.43. The van der Waals surface area contributed by atoms with Gasteiger partial charge in [-0.25, -0.2) is 15.0 Å². The number of nitrogens with zero attached hydrogens (tertiary/aromatic N) is 7. The zero-order valence-corrected chi connectivity index (χ0v) is 21.5. The molecule has 4 N–H and O–H groups in total. The van der Waals surface area contributed by atoms with E-state index in [1.54, 1.807) is 12.4 Å². The number of ether oxygens (including phenoxy) is 1. The largest absolute Gasteiger partial charge is 0.489 e. The summed E-state index contributed by atoms with van der Waals surface area (Å²) in [5.41, 5.74) is 10.4. The Morgan fingerprint density at radius 3 is 2.68 bits per heavy atom. The number of aryl methyl sites for hydroxylation is 1. The molecule has 38 heavy (non-hydrogen) atoms. The van der Waals surface area contributed by atoms with Gasteiger partial charge < -0.3 is 30.2 Å². The van der Waals surface area contributed by atoms with Crippen LogP contribution in [-0.2, 0) is 0 Å². The van der Waals surface area contributed by atoms with Crippen molar-refractivity contribution >= 4 is 28.7 Å². The molecule has 1 aliphatic heterocycles. The number of hydrogen-bond donors (Lipinski definition) is 3. The second-order valence-corrected chi connectivity index (χ2v) is 9.85. The van der Waals surface area contributed by atoms with Gasteiger partial charge in [-0.05, 0) is 31.9 Å². The van der Waals surface area contributed by atoms with Gasteiger partial charge in [0.25, 0.3) is 0 Å². The van der Waals surface area contributed by atoms with Crippen LogP contribution in [0.25, 0.3) is 17.0 Å². The summed E-state index contributed by atoms with van der Waals surface area (Å²) in [6, 6.07) is 6.82. The van der Waals surface area contributed by atoms with Gasteiger partial charge in [-0.1, -0.05) is 6.42 Å². The maximum atomic E-state index is 9.43. The first kappa shape index (κ1) is 24.4. The van der Waals surface area contributed by atoms with Crippen molar-refractivity contribution in [3.8, 4) is 17.1 Å². The van der Waals surface area contributed by atoms with Gasteiger partial charge in [0.15, 0.2) is 11.5 Å². The summed E-state index contributed by atoms with van der Waals surface area (Å²) in [7, 11) is 0. The number of piperazine rings is 1. The Bertz CT molecular complexity index is 1430. The second-order valence-electron chi connectivity index (χ2n) is 9.85. The summed E-state index contributed by atoms with van der Waals surface area (Å²) in [5, 5.41) is 12.8. The molecule has 0 radical (unpaired) electrons. The summed E-state index contributed by atoms with van der Waals surface area (Å²) in [6.07, 6.45) is 11.1. The highest BCUT2D eigenvalue weighted by Crippen LogP contribution is 2.35. The number of aromatic nitrogens is 5. The van der Waals surface area contributed by atoms with Gasteiger partial charge in [-0.15, -0.1) is 0 Å². The summed E-state index contributed by atoms with van der Waals surface area (Å²) >= 11 is 0. The van der Waals surface area contributed by atoms with Gasteiger partial charge in [-0.3, -0.25) is 9.88 Å². The van der Waals surface area contributed by atoms with Crippen molar-refractivity contribution < 1.29 is 9.84 Å². The first-order valence-electron chi connectivity index (χ1n) is 13.2. The van der Waals surface area contributed by atoms with Crippen molar-refractivity contribution in [3.05, 3.63) is 48.7 Å². The van der Waals surface area contributed by atoms with Gasteiger partial charge in [-0.2, -0.15) is 0 Å². The molecule has 1 saturated carbocycles. The maximum absolute atomic E-state index is 9.43. The van der Waals surface area contributed by atoms with Crippen molar-refractivity contribution in [1.29, 1.82) is 0 Å². The van der Waals surface area contributed by atoms with E-state index in [1.165, 1.54) is 19.3 Å². The summed E-state index contributed by atoms with van der Waals surface area (Å²) in [4.78, 5) is 23.1. The summed E-state index contributed by atoms with van der Waals surface area (Å²) in [5.74, 6) is 1.68. The normalized spacial score (nSPS) is 16.5. The summed E-state index contributed by atoms with van der Waals surface area (Å²) in [6.45, 7) is 6.03. The van der Waals surface area contributed by atoms with E-state index in [2.05, 4.69) is 36.1 Å². The lowest BCUT2D eigenvalue weighted by molar-refractivity contribution is 0.120. The van der Waals surface area contributed by atoms with Crippen molar-refractivity contribution in [2.75, 3.05) is 55.3 Å². The number of aliphatic hydroxyl groups excluding tert-OH is 1. The van der Waals surface area contributed by atoms with Gasteiger partial charge in [0.2, 0.25) is 0 Å². The minimum absolute atomic E-state index is 0.0500. The van der Waals surface area contributed by atoms with E-state index >= 15 is 0 Å². The Morgan fingerprint density at radius 1 is 1.11 bits per heavy atom. The third-order valence-corrected chi connectivity index (χ3v) is 7.45. The third kappa shape index (κ3) is 4.82. The van der Waals surface area contributed by atoms with Crippen molar-refractivity contribution in [2.24, 2.45) is 0 Å². The lowest BCUT2D eigenvalue weighted by Crippen LogP contribution is -2.52. The molecule has 0 amide bonds. The van der Waals surface area contributed by atoms with Crippen LogP contribution in [0.2, 0.25) is 0 Å². The predicted octanol–water partition coefficient (Wildman–Crippen LogP) is 2.87. The van der Waals surface area contributed by atoms with Crippen LogP contribution in [0.1, 0.15) is 25.0 Å². The van der Waals surface area contributed by atoms with Crippen LogP contribution in [0.3, 0.4) is 0 Å². The van der Waals surface area contributed by atoms with E-state index in [0.29, 0.717) is 34.4 Å².